The third kappa shape index (κ3) is 2.66. The summed E-state index contributed by atoms with van der Waals surface area (Å²) in [5.74, 6) is 0.209. The summed E-state index contributed by atoms with van der Waals surface area (Å²) < 4.78 is 0. The molecule has 120 valence electrons. The molecule has 0 radical (unpaired) electrons. The van der Waals surface area contributed by atoms with Crippen LogP contribution in [0.15, 0.2) is 24.3 Å². The van der Waals surface area contributed by atoms with Crippen LogP contribution in [-0.4, -0.2) is 42.5 Å². The highest BCUT2D eigenvalue weighted by atomic mass is 16.1. The van der Waals surface area contributed by atoms with Crippen molar-refractivity contribution < 1.29 is 4.79 Å². The Morgan fingerprint density at radius 1 is 1.36 bits per heavy atom. The smallest absolute Gasteiger partial charge is 0.248 e. The number of hydrogen-bond acceptors (Lipinski definition) is 3. The van der Waals surface area contributed by atoms with E-state index in [-0.39, 0.29) is 11.3 Å². The van der Waals surface area contributed by atoms with E-state index >= 15 is 0 Å². The van der Waals surface area contributed by atoms with Crippen molar-refractivity contribution in [3.8, 4) is 0 Å². The molecule has 0 spiro atoms. The molecule has 4 nitrogen and oxygen atoms in total. The number of rotatable bonds is 2. The number of carbonyl (C=O) groups excluding carboxylic acids is 1. The number of nitrogens with zero attached hydrogens (tertiary/aromatic N) is 1. The van der Waals surface area contributed by atoms with Gasteiger partial charge in [0, 0.05) is 37.3 Å². The molecule has 2 fully saturated rings. The minimum Gasteiger partial charge on any atom is -0.366 e. The van der Waals surface area contributed by atoms with Gasteiger partial charge in [0.2, 0.25) is 5.91 Å². The van der Waals surface area contributed by atoms with Crippen molar-refractivity contribution in [2.45, 2.75) is 44.7 Å². The van der Waals surface area contributed by atoms with Crippen molar-refractivity contribution >= 4 is 5.91 Å². The molecule has 0 bridgehead atoms. The quantitative estimate of drug-likeness (QED) is 0.875. The van der Waals surface area contributed by atoms with Crippen molar-refractivity contribution in [2.24, 2.45) is 11.7 Å². The van der Waals surface area contributed by atoms with Gasteiger partial charge in [-0.1, -0.05) is 26.0 Å². The summed E-state index contributed by atoms with van der Waals surface area (Å²) in [4.78, 5) is 14.1. The molecule has 3 N–H and O–H groups in total. The molecule has 2 saturated heterocycles. The van der Waals surface area contributed by atoms with Gasteiger partial charge in [-0.3, -0.25) is 9.69 Å². The number of piperazine rings is 1. The molecule has 22 heavy (non-hydrogen) atoms. The van der Waals surface area contributed by atoms with Gasteiger partial charge in [0.25, 0.3) is 0 Å². The predicted octanol–water partition coefficient (Wildman–Crippen LogP) is 1.75. The first-order valence-electron chi connectivity index (χ1n) is 8.28. The highest BCUT2D eigenvalue weighted by Gasteiger charge is 2.44. The van der Waals surface area contributed by atoms with E-state index in [1.54, 1.807) is 6.07 Å². The molecule has 0 aromatic heterocycles. The zero-order valence-electron chi connectivity index (χ0n) is 13.8. The molecule has 4 atom stereocenters. The highest BCUT2D eigenvalue weighted by Crippen LogP contribution is 2.42. The average molecular weight is 301 g/mol. The maximum absolute atomic E-state index is 11.5. The third-order valence-electron chi connectivity index (χ3n) is 5.79. The van der Waals surface area contributed by atoms with Crippen molar-refractivity contribution in [1.82, 2.24) is 10.2 Å². The summed E-state index contributed by atoms with van der Waals surface area (Å²) in [6.07, 6.45) is 1.12. The van der Waals surface area contributed by atoms with Gasteiger partial charge in [-0.05, 0) is 42.4 Å². The van der Waals surface area contributed by atoms with Crippen LogP contribution in [0.4, 0.5) is 0 Å². The minimum atomic E-state index is -0.344. The summed E-state index contributed by atoms with van der Waals surface area (Å²) in [5.41, 5.74) is 7.41. The number of nitrogens with one attached hydrogen (secondary N) is 1. The fourth-order valence-corrected chi connectivity index (χ4v) is 4.13. The van der Waals surface area contributed by atoms with Crippen LogP contribution in [0.1, 0.15) is 43.1 Å². The molecular formula is C18H27N3O. The number of fused-ring (bicyclic) bond motifs is 1. The van der Waals surface area contributed by atoms with Crippen LogP contribution in [0.3, 0.4) is 0 Å². The largest absolute Gasteiger partial charge is 0.366 e. The Balaban J connectivity index is 1.89. The topological polar surface area (TPSA) is 58.4 Å². The lowest BCUT2D eigenvalue weighted by Crippen LogP contribution is -2.62. The van der Waals surface area contributed by atoms with Gasteiger partial charge < -0.3 is 11.1 Å². The number of primary amides is 1. The van der Waals surface area contributed by atoms with E-state index < -0.39 is 0 Å². The van der Waals surface area contributed by atoms with Gasteiger partial charge in [-0.15, -0.1) is 0 Å². The molecular weight excluding hydrogens is 274 g/mol. The first-order valence-corrected chi connectivity index (χ1v) is 8.28. The number of amides is 1. The molecule has 4 heteroatoms. The van der Waals surface area contributed by atoms with E-state index in [1.165, 1.54) is 5.56 Å². The van der Waals surface area contributed by atoms with Crippen LogP contribution in [0.25, 0.3) is 0 Å². The summed E-state index contributed by atoms with van der Waals surface area (Å²) in [5, 5.41) is 3.60. The molecule has 3 rings (SSSR count). The first-order chi connectivity index (χ1) is 10.4. The molecule has 1 amide bonds. The second kappa shape index (κ2) is 5.67. The SMILES string of the molecule is C[C@H]1CN2C[C@H](C)[C@](C)(c3cccc(C(N)=O)c3)C[C@@H]2CN1. The number of carbonyl (C=O) groups is 1. The molecule has 2 aliphatic rings. The van der Waals surface area contributed by atoms with E-state index in [9.17, 15) is 4.79 Å². The first kappa shape index (κ1) is 15.5. The normalized spacial score (nSPS) is 35.9. The number of hydrogen-bond donors (Lipinski definition) is 2. The third-order valence-corrected chi connectivity index (χ3v) is 5.79. The van der Waals surface area contributed by atoms with Gasteiger partial charge in [-0.2, -0.15) is 0 Å². The van der Waals surface area contributed by atoms with Crippen LogP contribution >= 0.6 is 0 Å². The Bertz CT molecular complexity index is 573. The van der Waals surface area contributed by atoms with Crippen LogP contribution in [0.5, 0.6) is 0 Å². The molecule has 2 aliphatic heterocycles. The second-order valence-electron chi connectivity index (χ2n) is 7.38. The lowest BCUT2D eigenvalue weighted by Gasteiger charge is -2.52. The van der Waals surface area contributed by atoms with Gasteiger partial charge in [0.05, 0.1) is 0 Å². The van der Waals surface area contributed by atoms with E-state index in [2.05, 4.69) is 37.1 Å². The minimum absolute atomic E-state index is 0.0921. The number of benzene rings is 1. The molecule has 0 unspecified atom stereocenters. The Kier molecular flexibility index (Phi) is 4.00. The van der Waals surface area contributed by atoms with E-state index in [0.717, 1.165) is 26.1 Å². The lowest BCUT2D eigenvalue weighted by molar-refractivity contribution is 0.0270. The van der Waals surface area contributed by atoms with E-state index in [4.69, 9.17) is 5.73 Å². The van der Waals surface area contributed by atoms with E-state index in [0.29, 0.717) is 23.6 Å². The van der Waals surface area contributed by atoms with Crippen LogP contribution in [0, 0.1) is 5.92 Å². The molecule has 0 aliphatic carbocycles. The predicted molar refractivity (Wildman–Crippen MR) is 88.9 cm³/mol. The maximum Gasteiger partial charge on any atom is 0.248 e. The average Bonchev–Trinajstić information content (AvgIpc) is 2.49. The van der Waals surface area contributed by atoms with Crippen molar-refractivity contribution in [3.63, 3.8) is 0 Å². The Labute approximate surface area is 133 Å². The lowest BCUT2D eigenvalue weighted by atomic mass is 9.65. The number of nitrogens with two attached hydrogens (primary N) is 1. The molecule has 0 saturated carbocycles. The zero-order chi connectivity index (χ0) is 15.9. The molecule has 2 heterocycles. The second-order valence-corrected chi connectivity index (χ2v) is 7.38. The number of piperidine rings is 1. The monoisotopic (exact) mass is 301 g/mol. The van der Waals surface area contributed by atoms with Crippen molar-refractivity contribution in [3.05, 3.63) is 35.4 Å². The van der Waals surface area contributed by atoms with Crippen molar-refractivity contribution in [1.29, 1.82) is 0 Å². The Hall–Kier alpha value is -1.39. The van der Waals surface area contributed by atoms with Crippen molar-refractivity contribution in [2.75, 3.05) is 19.6 Å². The molecule has 1 aromatic carbocycles. The van der Waals surface area contributed by atoms with E-state index in [1.807, 2.05) is 12.1 Å². The standard InChI is InChI=1S/C18H27N3O/c1-12-10-21-11-13(2)20-9-16(21)8-18(12,3)15-6-4-5-14(7-15)17(19)22/h4-7,12-13,16,20H,8-11H2,1-3H3,(H2,19,22)/t12-,13-,16+,18+/m0/s1. The Morgan fingerprint density at radius 3 is 2.86 bits per heavy atom. The van der Waals surface area contributed by atoms with Crippen LogP contribution in [0.2, 0.25) is 0 Å². The van der Waals surface area contributed by atoms with Crippen LogP contribution in [-0.2, 0) is 5.41 Å². The van der Waals surface area contributed by atoms with Gasteiger partial charge >= 0.3 is 0 Å². The maximum atomic E-state index is 11.5. The summed E-state index contributed by atoms with van der Waals surface area (Å²) in [7, 11) is 0. The van der Waals surface area contributed by atoms with Gasteiger partial charge in [-0.25, -0.2) is 0 Å². The van der Waals surface area contributed by atoms with Gasteiger partial charge in [0.1, 0.15) is 0 Å². The van der Waals surface area contributed by atoms with Gasteiger partial charge in [0.15, 0.2) is 0 Å². The summed E-state index contributed by atoms with van der Waals surface area (Å²) in [6.45, 7) is 10.2. The summed E-state index contributed by atoms with van der Waals surface area (Å²) >= 11 is 0. The summed E-state index contributed by atoms with van der Waals surface area (Å²) in [6, 6.07) is 9.06. The Morgan fingerprint density at radius 2 is 2.14 bits per heavy atom. The van der Waals surface area contributed by atoms with Crippen LogP contribution < -0.4 is 11.1 Å². The molecule has 1 aromatic rings. The highest BCUT2D eigenvalue weighted by molar-refractivity contribution is 5.92. The fraction of sp³-hybridized carbons (Fsp3) is 0.611. The fourth-order valence-electron chi connectivity index (χ4n) is 4.13. The zero-order valence-corrected chi connectivity index (χ0v) is 13.8.